The number of nitrogens with one attached hydrogen (secondary N) is 1. The van der Waals surface area contributed by atoms with Crippen LogP contribution in [-0.2, 0) is 4.79 Å². The number of hydrogen-bond donors (Lipinski definition) is 1. The number of carbonyl (C=O) groups excluding carboxylic acids is 2. The summed E-state index contributed by atoms with van der Waals surface area (Å²) >= 11 is 5.83. The van der Waals surface area contributed by atoms with Gasteiger partial charge in [-0.3, -0.25) is 14.5 Å². The van der Waals surface area contributed by atoms with Gasteiger partial charge in [0.1, 0.15) is 0 Å². The molecule has 118 valence electrons. The van der Waals surface area contributed by atoms with Crippen LogP contribution in [0.15, 0.2) is 36.9 Å². The quantitative estimate of drug-likeness (QED) is 0.834. The van der Waals surface area contributed by atoms with Gasteiger partial charge in [-0.1, -0.05) is 17.7 Å². The molecule has 22 heavy (non-hydrogen) atoms. The van der Waals surface area contributed by atoms with E-state index in [1.54, 1.807) is 35.2 Å². The van der Waals surface area contributed by atoms with E-state index in [1.165, 1.54) is 0 Å². The molecule has 0 aromatic heterocycles. The van der Waals surface area contributed by atoms with Crippen LogP contribution in [0.4, 0.5) is 0 Å². The van der Waals surface area contributed by atoms with E-state index in [2.05, 4.69) is 11.9 Å². The van der Waals surface area contributed by atoms with Crippen molar-refractivity contribution in [2.24, 2.45) is 0 Å². The second kappa shape index (κ2) is 7.96. The lowest BCUT2D eigenvalue weighted by atomic mass is 10.2. The molecule has 1 aliphatic heterocycles. The number of benzene rings is 1. The van der Waals surface area contributed by atoms with Gasteiger partial charge in [-0.2, -0.15) is 0 Å². The minimum absolute atomic E-state index is 0.00688. The summed E-state index contributed by atoms with van der Waals surface area (Å²) in [5.74, 6) is -0.00944. The first-order valence-electron chi connectivity index (χ1n) is 7.25. The molecule has 2 rings (SSSR count). The monoisotopic (exact) mass is 321 g/mol. The van der Waals surface area contributed by atoms with Crippen molar-refractivity contribution >= 4 is 23.4 Å². The number of carbonyl (C=O) groups is 2. The van der Waals surface area contributed by atoms with Crippen molar-refractivity contribution in [3.63, 3.8) is 0 Å². The molecule has 0 spiro atoms. The minimum Gasteiger partial charge on any atom is -0.352 e. The fraction of sp³-hybridized carbons (Fsp3) is 0.375. The Labute approximate surface area is 135 Å². The Hall–Kier alpha value is -1.85. The van der Waals surface area contributed by atoms with Gasteiger partial charge in [-0.05, 0) is 24.3 Å². The zero-order valence-corrected chi connectivity index (χ0v) is 13.2. The Balaban J connectivity index is 1.81. The maximum Gasteiger partial charge on any atom is 0.253 e. The van der Waals surface area contributed by atoms with Gasteiger partial charge >= 0.3 is 0 Å². The maximum absolute atomic E-state index is 12.4. The summed E-state index contributed by atoms with van der Waals surface area (Å²) in [4.78, 5) is 27.9. The molecule has 0 saturated carbocycles. The van der Waals surface area contributed by atoms with Gasteiger partial charge in [0, 0.05) is 43.3 Å². The number of nitrogens with zero attached hydrogens (tertiary/aromatic N) is 2. The van der Waals surface area contributed by atoms with E-state index in [0.29, 0.717) is 49.9 Å². The fourth-order valence-electron chi connectivity index (χ4n) is 2.33. The van der Waals surface area contributed by atoms with Crippen molar-refractivity contribution in [2.75, 3.05) is 39.3 Å². The van der Waals surface area contributed by atoms with Gasteiger partial charge in [-0.25, -0.2) is 0 Å². The average Bonchev–Trinajstić information content (AvgIpc) is 2.54. The van der Waals surface area contributed by atoms with Gasteiger partial charge in [0.25, 0.3) is 5.91 Å². The summed E-state index contributed by atoms with van der Waals surface area (Å²) in [6.07, 6.45) is 1.65. The summed E-state index contributed by atoms with van der Waals surface area (Å²) in [5.41, 5.74) is 0.640. The first kappa shape index (κ1) is 16.5. The molecule has 1 saturated heterocycles. The third-order valence-corrected chi connectivity index (χ3v) is 3.81. The van der Waals surface area contributed by atoms with E-state index >= 15 is 0 Å². The van der Waals surface area contributed by atoms with Gasteiger partial charge in [0.2, 0.25) is 5.91 Å². The van der Waals surface area contributed by atoms with Crippen LogP contribution in [0.25, 0.3) is 0 Å². The van der Waals surface area contributed by atoms with Gasteiger partial charge < -0.3 is 10.2 Å². The zero-order chi connectivity index (χ0) is 15.9. The normalized spacial score (nSPS) is 15.4. The number of hydrogen-bond acceptors (Lipinski definition) is 3. The predicted molar refractivity (Wildman–Crippen MR) is 87.0 cm³/mol. The van der Waals surface area contributed by atoms with E-state index in [-0.39, 0.29) is 11.8 Å². The lowest BCUT2D eigenvalue weighted by Gasteiger charge is -2.34. The Bertz CT molecular complexity index is 537. The molecule has 5 nitrogen and oxygen atoms in total. The third kappa shape index (κ3) is 4.58. The molecule has 0 atom stereocenters. The number of rotatable bonds is 5. The Morgan fingerprint density at radius 2 is 1.82 bits per heavy atom. The SMILES string of the molecule is C=CCNC(=O)CN1CCN(C(=O)c2ccc(Cl)cc2)CC1. The Morgan fingerprint density at radius 3 is 2.41 bits per heavy atom. The highest BCUT2D eigenvalue weighted by atomic mass is 35.5. The van der Waals surface area contributed by atoms with E-state index in [9.17, 15) is 9.59 Å². The molecule has 1 aromatic rings. The van der Waals surface area contributed by atoms with Crippen molar-refractivity contribution in [3.8, 4) is 0 Å². The molecule has 1 aliphatic rings. The van der Waals surface area contributed by atoms with Crippen LogP contribution >= 0.6 is 11.6 Å². The number of amides is 2. The van der Waals surface area contributed by atoms with E-state index < -0.39 is 0 Å². The predicted octanol–water partition coefficient (Wildman–Crippen LogP) is 1.40. The van der Waals surface area contributed by atoms with Crippen molar-refractivity contribution in [2.45, 2.75) is 0 Å². The molecule has 2 amide bonds. The van der Waals surface area contributed by atoms with Crippen molar-refractivity contribution in [3.05, 3.63) is 47.5 Å². The highest BCUT2D eigenvalue weighted by Crippen LogP contribution is 2.13. The highest BCUT2D eigenvalue weighted by molar-refractivity contribution is 6.30. The van der Waals surface area contributed by atoms with Crippen LogP contribution in [0.3, 0.4) is 0 Å². The van der Waals surface area contributed by atoms with Crippen molar-refractivity contribution in [1.82, 2.24) is 15.1 Å². The Kier molecular flexibility index (Phi) is 5.98. The van der Waals surface area contributed by atoms with E-state index in [4.69, 9.17) is 11.6 Å². The molecule has 1 heterocycles. The first-order chi connectivity index (χ1) is 10.6. The summed E-state index contributed by atoms with van der Waals surface area (Å²) in [7, 11) is 0. The topological polar surface area (TPSA) is 52.7 Å². The summed E-state index contributed by atoms with van der Waals surface area (Å²) < 4.78 is 0. The van der Waals surface area contributed by atoms with Crippen LogP contribution in [0, 0.1) is 0 Å². The summed E-state index contributed by atoms with van der Waals surface area (Å²) in [6.45, 7) is 7.03. The lowest BCUT2D eigenvalue weighted by Crippen LogP contribution is -2.51. The van der Waals surface area contributed by atoms with Crippen molar-refractivity contribution in [1.29, 1.82) is 0 Å². The van der Waals surface area contributed by atoms with Crippen LogP contribution in [-0.4, -0.2) is 60.9 Å². The first-order valence-corrected chi connectivity index (χ1v) is 7.62. The van der Waals surface area contributed by atoms with Crippen molar-refractivity contribution < 1.29 is 9.59 Å². The zero-order valence-electron chi connectivity index (χ0n) is 12.4. The molecule has 1 fully saturated rings. The molecule has 0 bridgehead atoms. The second-order valence-corrected chi connectivity index (χ2v) is 5.60. The molecule has 0 unspecified atom stereocenters. The molecule has 1 N–H and O–H groups in total. The van der Waals surface area contributed by atoms with Crippen LogP contribution in [0.2, 0.25) is 5.02 Å². The number of piperazine rings is 1. The maximum atomic E-state index is 12.4. The largest absolute Gasteiger partial charge is 0.352 e. The molecular weight excluding hydrogens is 302 g/mol. The summed E-state index contributed by atoms with van der Waals surface area (Å²) in [6, 6.07) is 6.91. The average molecular weight is 322 g/mol. The van der Waals surface area contributed by atoms with Crippen LogP contribution in [0.5, 0.6) is 0 Å². The molecule has 0 radical (unpaired) electrons. The fourth-order valence-corrected chi connectivity index (χ4v) is 2.46. The molecular formula is C16H20ClN3O2. The molecule has 1 aromatic carbocycles. The third-order valence-electron chi connectivity index (χ3n) is 3.56. The van der Waals surface area contributed by atoms with E-state index in [1.807, 2.05) is 4.90 Å². The van der Waals surface area contributed by atoms with Gasteiger partial charge in [0.05, 0.1) is 6.54 Å². The van der Waals surface area contributed by atoms with Gasteiger partial charge in [0.15, 0.2) is 0 Å². The van der Waals surface area contributed by atoms with Crippen LogP contribution in [0.1, 0.15) is 10.4 Å². The summed E-state index contributed by atoms with van der Waals surface area (Å²) in [5, 5.41) is 3.37. The van der Waals surface area contributed by atoms with Crippen LogP contribution < -0.4 is 5.32 Å². The number of halogens is 1. The minimum atomic E-state index is -0.0163. The van der Waals surface area contributed by atoms with Gasteiger partial charge in [-0.15, -0.1) is 6.58 Å². The highest BCUT2D eigenvalue weighted by Gasteiger charge is 2.23. The lowest BCUT2D eigenvalue weighted by molar-refractivity contribution is -0.122. The second-order valence-electron chi connectivity index (χ2n) is 5.17. The Morgan fingerprint density at radius 1 is 1.18 bits per heavy atom. The molecule has 0 aliphatic carbocycles. The standard InChI is InChI=1S/C16H20ClN3O2/c1-2-7-18-15(21)12-19-8-10-20(11-9-19)16(22)13-3-5-14(17)6-4-13/h2-6H,1,7-12H2,(H,18,21). The smallest absolute Gasteiger partial charge is 0.253 e. The molecule has 6 heteroatoms. The van der Waals surface area contributed by atoms with E-state index in [0.717, 1.165) is 0 Å².